The number of fused-ring (bicyclic) bond motifs is 1. The van der Waals surface area contributed by atoms with Crippen molar-refractivity contribution in [3.05, 3.63) is 42.2 Å². The van der Waals surface area contributed by atoms with E-state index >= 15 is 8.78 Å². The summed E-state index contributed by atoms with van der Waals surface area (Å²) in [5.41, 5.74) is -2.17. The summed E-state index contributed by atoms with van der Waals surface area (Å²) in [5.74, 6) is -4.23. The fourth-order valence-electron chi connectivity index (χ4n) is 4.45. The van der Waals surface area contributed by atoms with Crippen LogP contribution in [0.5, 0.6) is 0 Å². The quantitative estimate of drug-likeness (QED) is 0.411. The van der Waals surface area contributed by atoms with Crippen molar-refractivity contribution < 1.29 is 33.0 Å². The number of nitrogens with zero attached hydrogens (tertiary/aromatic N) is 5. The summed E-state index contributed by atoms with van der Waals surface area (Å²) in [6.07, 6.45) is -0.937. The second-order valence-corrected chi connectivity index (χ2v) is 10.4. The van der Waals surface area contributed by atoms with Crippen molar-refractivity contribution in [3.63, 3.8) is 0 Å². The Labute approximate surface area is 223 Å². The van der Waals surface area contributed by atoms with E-state index in [1.165, 1.54) is 18.5 Å². The number of carbonyl (C=O) groups excluding carboxylic acids is 2. The van der Waals surface area contributed by atoms with Crippen LogP contribution in [0, 0.1) is 5.92 Å². The highest BCUT2D eigenvalue weighted by molar-refractivity contribution is 5.93. The van der Waals surface area contributed by atoms with Gasteiger partial charge in [-0.25, -0.2) is 18.6 Å². The Kier molecular flexibility index (Phi) is 6.75. The first-order chi connectivity index (χ1) is 18.4. The van der Waals surface area contributed by atoms with Gasteiger partial charge in [0.1, 0.15) is 0 Å². The van der Waals surface area contributed by atoms with E-state index in [0.29, 0.717) is 5.82 Å². The number of carbonyl (C=O) groups is 2. The molecule has 0 unspecified atom stereocenters. The number of imidazole rings is 1. The first-order valence-corrected chi connectivity index (χ1v) is 12.7. The minimum absolute atomic E-state index is 0.0344. The molecule has 0 spiro atoms. The third-order valence-corrected chi connectivity index (χ3v) is 6.99. The van der Waals surface area contributed by atoms with Crippen molar-refractivity contribution in [3.8, 4) is 0 Å². The first-order valence-electron chi connectivity index (χ1n) is 12.7. The normalized spacial score (nSPS) is 26.7. The molecule has 1 aliphatic carbocycles. The Morgan fingerprint density at radius 3 is 2.59 bits per heavy atom. The molecule has 0 radical (unpaired) electrons. The summed E-state index contributed by atoms with van der Waals surface area (Å²) in [7, 11) is 1.83. The van der Waals surface area contributed by atoms with E-state index < -0.39 is 36.4 Å². The van der Waals surface area contributed by atoms with Crippen LogP contribution in [0.4, 0.5) is 20.5 Å². The molecule has 11 nitrogen and oxygen atoms in total. The second kappa shape index (κ2) is 9.79. The molecule has 39 heavy (non-hydrogen) atoms. The Morgan fingerprint density at radius 1 is 1.26 bits per heavy atom. The summed E-state index contributed by atoms with van der Waals surface area (Å²) in [5, 5.41) is 13.3. The van der Waals surface area contributed by atoms with Crippen LogP contribution in [0.2, 0.25) is 0 Å². The van der Waals surface area contributed by atoms with Gasteiger partial charge in [0.15, 0.2) is 41.6 Å². The van der Waals surface area contributed by atoms with E-state index in [-0.39, 0.29) is 40.5 Å². The minimum Gasteiger partial charge on any atom is -0.456 e. The van der Waals surface area contributed by atoms with Crippen LogP contribution in [0.3, 0.4) is 0 Å². The number of rotatable bonds is 8. The number of aliphatic hydroxyl groups is 1. The number of aliphatic hydroxyl groups excluding tert-OH is 1. The monoisotopic (exact) mass is 544 g/mol. The van der Waals surface area contributed by atoms with Gasteiger partial charge in [0.05, 0.1) is 11.9 Å². The highest BCUT2D eigenvalue weighted by atomic mass is 19.2. The molecule has 2 aromatic heterocycles. The largest absolute Gasteiger partial charge is 0.456 e. The SMILES string of the molecule is CC(C)C(=O)Nc1nc(N(C)C2CC2)c2ncn([C@@H]3O[C@](F)(COC(=O)c4ccccc4)[C@@H](O)[C@@]3(C)F)c2n1. The molecular formula is C26H30F2N6O5. The number of hydrogen-bond donors (Lipinski definition) is 2. The standard InChI is InChI=1S/C26H30F2N6O5/c1-14(2)20(35)32-24-30-18(33(4)16-10-11-16)17-19(31-24)34(13-29-17)23-25(3,27)22(37)26(28,39-23)12-38-21(36)15-8-6-5-7-9-15/h5-9,13-14,16,22-23,37H,10-12H2,1-4H3,(H,30,31,32,35)/t22-,23+,25+,26+/m0/s1. The number of hydrogen-bond acceptors (Lipinski definition) is 9. The average Bonchev–Trinajstić information content (AvgIpc) is 3.65. The van der Waals surface area contributed by atoms with Gasteiger partial charge in [0.25, 0.3) is 5.85 Å². The van der Waals surface area contributed by atoms with Crippen LogP contribution in [0.25, 0.3) is 11.2 Å². The third-order valence-electron chi connectivity index (χ3n) is 6.99. The fourth-order valence-corrected chi connectivity index (χ4v) is 4.45. The molecule has 1 amide bonds. The predicted octanol–water partition coefficient (Wildman–Crippen LogP) is 3.16. The van der Waals surface area contributed by atoms with E-state index in [9.17, 15) is 14.7 Å². The number of nitrogens with one attached hydrogen (secondary N) is 1. The number of anilines is 2. The molecule has 2 aliphatic rings. The molecule has 0 bridgehead atoms. The van der Waals surface area contributed by atoms with Crippen LogP contribution in [0.1, 0.15) is 50.2 Å². The van der Waals surface area contributed by atoms with Gasteiger partial charge in [-0.3, -0.25) is 14.7 Å². The summed E-state index contributed by atoms with van der Waals surface area (Å²) in [4.78, 5) is 39.8. The fraction of sp³-hybridized carbons (Fsp3) is 0.500. The van der Waals surface area contributed by atoms with Crippen LogP contribution in [-0.4, -0.2) is 73.8 Å². The minimum atomic E-state index is -3.06. The topological polar surface area (TPSA) is 132 Å². The molecule has 3 aromatic rings. The highest BCUT2D eigenvalue weighted by Crippen LogP contribution is 2.49. The molecule has 2 N–H and O–H groups in total. The van der Waals surface area contributed by atoms with Gasteiger partial charge in [0, 0.05) is 19.0 Å². The van der Waals surface area contributed by atoms with Crippen molar-refractivity contribution in [1.29, 1.82) is 0 Å². The van der Waals surface area contributed by atoms with Gasteiger partial charge < -0.3 is 19.5 Å². The van der Waals surface area contributed by atoms with Crippen LogP contribution >= 0.6 is 0 Å². The number of aromatic nitrogens is 4. The van der Waals surface area contributed by atoms with E-state index in [1.807, 2.05) is 11.9 Å². The molecule has 1 aromatic carbocycles. The number of benzene rings is 1. The average molecular weight is 545 g/mol. The molecule has 1 saturated carbocycles. The lowest BCUT2D eigenvalue weighted by atomic mass is 9.97. The van der Waals surface area contributed by atoms with Crippen molar-refractivity contribution in [1.82, 2.24) is 19.5 Å². The predicted molar refractivity (Wildman–Crippen MR) is 136 cm³/mol. The number of alkyl halides is 2. The first kappa shape index (κ1) is 26.9. The van der Waals surface area contributed by atoms with E-state index in [2.05, 4.69) is 20.3 Å². The maximum absolute atomic E-state index is 16.0. The Balaban J connectivity index is 1.48. The third kappa shape index (κ3) is 4.91. The van der Waals surface area contributed by atoms with Gasteiger partial charge in [-0.15, -0.1) is 0 Å². The van der Waals surface area contributed by atoms with E-state index in [1.54, 1.807) is 32.0 Å². The van der Waals surface area contributed by atoms with Crippen molar-refractivity contribution in [2.75, 3.05) is 23.9 Å². The Morgan fingerprint density at radius 2 is 1.95 bits per heavy atom. The van der Waals surface area contributed by atoms with Crippen LogP contribution in [0.15, 0.2) is 36.7 Å². The number of halogens is 2. The smallest absolute Gasteiger partial charge is 0.338 e. The van der Waals surface area contributed by atoms with Crippen LogP contribution < -0.4 is 10.2 Å². The lowest BCUT2D eigenvalue weighted by molar-refractivity contribution is -0.206. The van der Waals surface area contributed by atoms with Gasteiger partial charge in [-0.05, 0) is 31.9 Å². The molecule has 2 fully saturated rings. The van der Waals surface area contributed by atoms with Crippen molar-refractivity contribution in [2.45, 2.75) is 63.5 Å². The molecule has 13 heteroatoms. The zero-order valence-corrected chi connectivity index (χ0v) is 22.0. The molecular weight excluding hydrogens is 514 g/mol. The zero-order valence-electron chi connectivity index (χ0n) is 22.0. The molecule has 1 aliphatic heterocycles. The van der Waals surface area contributed by atoms with Gasteiger partial charge >= 0.3 is 5.97 Å². The second-order valence-electron chi connectivity index (χ2n) is 10.4. The highest BCUT2D eigenvalue weighted by Gasteiger charge is 2.65. The van der Waals surface area contributed by atoms with E-state index in [4.69, 9.17) is 9.47 Å². The molecule has 5 rings (SSSR count). The summed E-state index contributed by atoms with van der Waals surface area (Å²) < 4.78 is 43.5. The van der Waals surface area contributed by atoms with Crippen molar-refractivity contribution >= 4 is 34.8 Å². The van der Waals surface area contributed by atoms with Crippen LogP contribution in [-0.2, 0) is 14.3 Å². The number of amides is 1. The summed E-state index contributed by atoms with van der Waals surface area (Å²) in [6, 6.07) is 8.08. The lowest BCUT2D eigenvalue weighted by Crippen LogP contribution is -2.47. The van der Waals surface area contributed by atoms with Gasteiger partial charge in [-0.1, -0.05) is 32.0 Å². The number of ether oxygens (including phenoxy) is 2. The molecule has 1 saturated heterocycles. The number of esters is 1. The van der Waals surface area contributed by atoms with Gasteiger partial charge in [0.2, 0.25) is 11.9 Å². The molecule has 3 heterocycles. The molecule has 4 atom stereocenters. The Bertz CT molecular complexity index is 1400. The maximum Gasteiger partial charge on any atom is 0.338 e. The lowest BCUT2D eigenvalue weighted by Gasteiger charge is -2.25. The zero-order chi connectivity index (χ0) is 28.1. The van der Waals surface area contributed by atoms with Gasteiger partial charge in [-0.2, -0.15) is 9.97 Å². The summed E-state index contributed by atoms with van der Waals surface area (Å²) in [6.45, 7) is 3.35. The molecule has 208 valence electrons. The summed E-state index contributed by atoms with van der Waals surface area (Å²) >= 11 is 0. The maximum atomic E-state index is 16.0. The van der Waals surface area contributed by atoms with Crippen molar-refractivity contribution in [2.24, 2.45) is 5.92 Å². The van der Waals surface area contributed by atoms with E-state index in [0.717, 1.165) is 24.3 Å². The Hall–Kier alpha value is -3.71.